The summed E-state index contributed by atoms with van der Waals surface area (Å²) < 4.78 is 0. The first kappa shape index (κ1) is 17.9. The number of rotatable bonds is 13. The molecule has 0 aromatic heterocycles. The number of hydrogen-bond donors (Lipinski definition) is 2. The summed E-state index contributed by atoms with van der Waals surface area (Å²) in [5, 5.41) is 0. The van der Waals surface area contributed by atoms with Gasteiger partial charge >= 0.3 is 0 Å². The van der Waals surface area contributed by atoms with Crippen molar-refractivity contribution in [3.63, 3.8) is 0 Å². The van der Waals surface area contributed by atoms with Crippen LogP contribution < -0.4 is 11.3 Å². The predicted molar refractivity (Wildman–Crippen MR) is 81.5 cm³/mol. The smallest absolute Gasteiger partial charge is 0.0222 e. The van der Waals surface area contributed by atoms with Crippen molar-refractivity contribution in [2.75, 3.05) is 19.6 Å². The van der Waals surface area contributed by atoms with E-state index in [0.29, 0.717) is 6.04 Å². The maximum Gasteiger partial charge on any atom is 0.0222 e. The fourth-order valence-electron chi connectivity index (χ4n) is 2.36. The highest BCUT2D eigenvalue weighted by Gasteiger charge is 2.08. The Morgan fingerprint density at radius 1 is 0.889 bits per heavy atom. The zero-order valence-corrected chi connectivity index (χ0v) is 12.9. The van der Waals surface area contributed by atoms with Gasteiger partial charge in [-0.2, -0.15) is 0 Å². The molecule has 1 unspecified atom stereocenters. The van der Waals surface area contributed by atoms with E-state index >= 15 is 0 Å². The summed E-state index contributed by atoms with van der Waals surface area (Å²) in [5.74, 6) is 5.64. The number of nitrogens with zero attached hydrogens (tertiary/aromatic N) is 1. The molecule has 0 saturated heterocycles. The van der Waals surface area contributed by atoms with Crippen LogP contribution in [0.5, 0.6) is 0 Å². The number of hydrazine groups is 1. The second-order valence-corrected chi connectivity index (χ2v) is 5.24. The minimum Gasteiger partial charge on any atom is -0.304 e. The van der Waals surface area contributed by atoms with Crippen molar-refractivity contribution in [3.05, 3.63) is 0 Å². The predicted octanol–water partition coefficient (Wildman–Crippen LogP) is 3.30. The van der Waals surface area contributed by atoms with Crippen molar-refractivity contribution in [2.24, 2.45) is 5.84 Å². The van der Waals surface area contributed by atoms with E-state index in [1.807, 2.05) is 0 Å². The lowest BCUT2D eigenvalue weighted by atomic mass is 10.0. The number of nitrogens with two attached hydrogens (primary N) is 1. The van der Waals surface area contributed by atoms with Crippen LogP contribution in [0.4, 0.5) is 0 Å². The summed E-state index contributed by atoms with van der Waals surface area (Å²) in [6, 6.07) is 0.497. The number of unbranched alkanes of at least 4 members (excludes halogenated alkanes) is 5. The zero-order chi connectivity index (χ0) is 13.6. The van der Waals surface area contributed by atoms with Gasteiger partial charge < -0.3 is 4.90 Å². The Kier molecular flexibility index (Phi) is 13.2. The Bertz CT molecular complexity index is 158. The van der Waals surface area contributed by atoms with Gasteiger partial charge in [-0.25, -0.2) is 0 Å². The molecule has 0 aliphatic rings. The fourth-order valence-corrected chi connectivity index (χ4v) is 2.36. The first-order valence-electron chi connectivity index (χ1n) is 7.96. The average molecular weight is 257 g/mol. The number of hydrogen-bond acceptors (Lipinski definition) is 3. The van der Waals surface area contributed by atoms with E-state index in [2.05, 4.69) is 31.1 Å². The molecule has 0 fully saturated rings. The molecule has 0 heterocycles. The van der Waals surface area contributed by atoms with E-state index in [1.54, 1.807) is 0 Å². The molecule has 0 bridgehead atoms. The third-order valence-electron chi connectivity index (χ3n) is 3.83. The summed E-state index contributed by atoms with van der Waals surface area (Å²) in [7, 11) is 0. The standard InChI is InChI=1S/C15H35N3/c1-4-7-8-9-10-11-12-15(17-16)13-14-18(5-2)6-3/h15,17H,4-14,16H2,1-3H3. The third-order valence-corrected chi connectivity index (χ3v) is 3.83. The van der Waals surface area contributed by atoms with Crippen LogP contribution in [0.1, 0.15) is 72.1 Å². The molecule has 0 spiro atoms. The lowest BCUT2D eigenvalue weighted by molar-refractivity contribution is 0.276. The molecule has 0 radical (unpaired) electrons. The molecule has 3 nitrogen and oxygen atoms in total. The first-order valence-corrected chi connectivity index (χ1v) is 7.96. The minimum absolute atomic E-state index is 0.497. The molecule has 1 atom stereocenters. The monoisotopic (exact) mass is 257 g/mol. The molecule has 18 heavy (non-hydrogen) atoms. The lowest BCUT2D eigenvalue weighted by Crippen LogP contribution is -2.38. The van der Waals surface area contributed by atoms with Crippen molar-refractivity contribution in [3.8, 4) is 0 Å². The Morgan fingerprint density at radius 3 is 2.06 bits per heavy atom. The van der Waals surface area contributed by atoms with Crippen LogP contribution in [-0.4, -0.2) is 30.6 Å². The molecule has 0 aliphatic heterocycles. The van der Waals surface area contributed by atoms with Crippen LogP contribution in [0, 0.1) is 0 Å². The number of nitrogens with one attached hydrogen (secondary N) is 1. The molecule has 3 N–H and O–H groups in total. The molecular formula is C15H35N3. The molecular weight excluding hydrogens is 222 g/mol. The van der Waals surface area contributed by atoms with Crippen LogP contribution in [-0.2, 0) is 0 Å². The highest BCUT2D eigenvalue weighted by atomic mass is 15.2. The fraction of sp³-hybridized carbons (Fsp3) is 1.00. The van der Waals surface area contributed by atoms with Crippen LogP contribution >= 0.6 is 0 Å². The van der Waals surface area contributed by atoms with Gasteiger partial charge in [0.2, 0.25) is 0 Å². The van der Waals surface area contributed by atoms with Gasteiger partial charge in [-0.3, -0.25) is 11.3 Å². The topological polar surface area (TPSA) is 41.3 Å². The van der Waals surface area contributed by atoms with Crippen molar-refractivity contribution in [2.45, 2.75) is 78.2 Å². The van der Waals surface area contributed by atoms with Gasteiger partial charge in [-0.1, -0.05) is 59.3 Å². The molecule has 0 amide bonds. The van der Waals surface area contributed by atoms with E-state index < -0.39 is 0 Å². The summed E-state index contributed by atoms with van der Waals surface area (Å²) in [4.78, 5) is 2.46. The Morgan fingerprint density at radius 2 is 1.50 bits per heavy atom. The molecule has 110 valence electrons. The van der Waals surface area contributed by atoms with Crippen LogP contribution in [0.3, 0.4) is 0 Å². The van der Waals surface area contributed by atoms with E-state index in [4.69, 9.17) is 5.84 Å². The molecule has 0 saturated carbocycles. The van der Waals surface area contributed by atoms with Gasteiger partial charge in [0.1, 0.15) is 0 Å². The Labute approximate surface area is 114 Å². The zero-order valence-electron chi connectivity index (χ0n) is 12.9. The minimum atomic E-state index is 0.497. The summed E-state index contributed by atoms with van der Waals surface area (Å²) in [6.45, 7) is 10.2. The van der Waals surface area contributed by atoms with Crippen molar-refractivity contribution < 1.29 is 0 Å². The van der Waals surface area contributed by atoms with Gasteiger partial charge in [-0.15, -0.1) is 0 Å². The van der Waals surface area contributed by atoms with Gasteiger partial charge in [0.25, 0.3) is 0 Å². The highest BCUT2D eigenvalue weighted by molar-refractivity contribution is 4.66. The largest absolute Gasteiger partial charge is 0.304 e. The second kappa shape index (κ2) is 13.3. The van der Waals surface area contributed by atoms with Gasteiger partial charge in [-0.05, 0) is 32.5 Å². The van der Waals surface area contributed by atoms with E-state index in [1.165, 1.54) is 51.4 Å². The van der Waals surface area contributed by atoms with Crippen LogP contribution in [0.15, 0.2) is 0 Å². The lowest BCUT2D eigenvalue weighted by Gasteiger charge is -2.22. The Hall–Kier alpha value is -0.120. The normalized spacial score (nSPS) is 13.2. The van der Waals surface area contributed by atoms with Crippen LogP contribution in [0.25, 0.3) is 0 Å². The average Bonchev–Trinajstić information content (AvgIpc) is 2.41. The molecule has 0 rings (SSSR count). The van der Waals surface area contributed by atoms with Crippen molar-refractivity contribution >= 4 is 0 Å². The molecule has 0 aliphatic carbocycles. The van der Waals surface area contributed by atoms with E-state index in [-0.39, 0.29) is 0 Å². The maximum atomic E-state index is 5.64. The van der Waals surface area contributed by atoms with Gasteiger partial charge in [0.15, 0.2) is 0 Å². The van der Waals surface area contributed by atoms with Crippen LogP contribution in [0.2, 0.25) is 0 Å². The molecule has 0 aromatic carbocycles. The van der Waals surface area contributed by atoms with Gasteiger partial charge in [0.05, 0.1) is 0 Å². The Balaban J connectivity index is 3.51. The maximum absolute atomic E-state index is 5.64. The van der Waals surface area contributed by atoms with Gasteiger partial charge in [0, 0.05) is 6.04 Å². The molecule has 3 heteroatoms. The van der Waals surface area contributed by atoms with Crippen molar-refractivity contribution in [1.82, 2.24) is 10.3 Å². The first-order chi connectivity index (χ1) is 8.78. The van der Waals surface area contributed by atoms with E-state index in [9.17, 15) is 0 Å². The summed E-state index contributed by atoms with van der Waals surface area (Å²) >= 11 is 0. The SMILES string of the molecule is CCCCCCCCC(CCN(CC)CC)NN. The second-order valence-electron chi connectivity index (χ2n) is 5.24. The van der Waals surface area contributed by atoms with E-state index in [0.717, 1.165) is 19.6 Å². The highest BCUT2D eigenvalue weighted by Crippen LogP contribution is 2.10. The molecule has 0 aromatic rings. The van der Waals surface area contributed by atoms with Crippen molar-refractivity contribution in [1.29, 1.82) is 0 Å². The summed E-state index contributed by atoms with van der Waals surface area (Å²) in [6.07, 6.45) is 10.6. The quantitative estimate of drug-likeness (QED) is 0.302. The third kappa shape index (κ3) is 9.86. The summed E-state index contributed by atoms with van der Waals surface area (Å²) in [5.41, 5.74) is 2.98.